The van der Waals surface area contributed by atoms with E-state index in [9.17, 15) is 20.3 Å². The molecule has 0 aromatic heterocycles. The first kappa shape index (κ1) is 11.7. The van der Waals surface area contributed by atoms with E-state index in [1.54, 1.807) is 24.3 Å². The summed E-state index contributed by atoms with van der Waals surface area (Å²) in [5.74, 6) is -0.449. The first-order valence-corrected chi connectivity index (χ1v) is 6.35. The van der Waals surface area contributed by atoms with Crippen LogP contribution in [0, 0.1) is 10.1 Å². The van der Waals surface area contributed by atoms with E-state index < -0.39 is 4.92 Å². The van der Waals surface area contributed by atoms with Crippen LogP contribution in [0.3, 0.4) is 0 Å². The predicted octanol–water partition coefficient (Wildman–Crippen LogP) is 3.90. The molecule has 2 N–H and O–H groups in total. The Kier molecular flexibility index (Phi) is 2.08. The molecule has 4 aromatic carbocycles. The summed E-state index contributed by atoms with van der Waals surface area (Å²) < 4.78 is 0. The fraction of sp³-hybridized carbons (Fsp3) is 0. The molecule has 0 radical (unpaired) electrons. The molecule has 0 bridgehead atoms. The van der Waals surface area contributed by atoms with Crippen LogP contribution in [0.2, 0.25) is 0 Å². The molecule has 5 heteroatoms. The highest BCUT2D eigenvalue weighted by Crippen LogP contribution is 2.47. The number of nitrogens with zero attached hydrogens (tertiary/aromatic N) is 1. The average Bonchev–Trinajstić information content (AvgIpc) is 2.50. The predicted molar refractivity (Wildman–Crippen MR) is 80.1 cm³/mol. The van der Waals surface area contributed by atoms with Crippen molar-refractivity contribution in [1.82, 2.24) is 0 Å². The SMILES string of the molecule is O=[N+]([O-])c1ccc2c(O)c(O)c3cccc4ccc1c2c43. The molecular weight excluding hydrogens is 270 g/mol. The summed E-state index contributed by atoms with van der Waals surface area (Å²) in [5, 5.41) is 35.1. The first-order valence-electron chi connectivity index (χ1n) is 6.35. The van der Waals surface area contributed by atoms with Crippen LogP contribution in [0.1, 0.15) is 0 Å². The summed E-state index contributed by atoms with van der Waals surface area (Å²) >= 11 is 0. The zero-order chi connectivity index (χ0) is 14.7. The lowest BCUT2D eigenvalue weighted by molar-refractivity contribution is -0.383. The van der Waals surface area contributed by atoms with Crippen LogP contribution in [0.5, 0.6) is 11.5 Å². The molecule has 0 atom stereocenters. The van der Waals surface area contributed by atoms with Crippen LogP contribution in [-0.4, -0.2) is 15.1 Å². The number of phenolic OH excluding ortho intramolecular Hbond substituents is 2. The molecule has 0 fully saturated rings. The van der Waals surface area contributed by atoms with E-state index in [0.29, 0.717) is 21.5 Å². The van der Waals surface area contributed by atoms with Crippen molar-refractivity contribution in [3.05, 3.63) is 52.6 Å². The number of aromatic hydroxyl groups is 2. The molecule has 0 spiro atoms. The van der Waals surface area contributed by atoms with Crippen LogP contribution in [0.4, 0.5) is 5.69 Å². The van der Waals surface area contributed by atoms with Crippen molar-refractivity contribution in [2.24, 2.45) is 0 Å². The van der Waals surface area contributed by atoms with Crippen molar-refractivity contribution in [3.8, 4) is 11.5 Å². The van der Waals surface area contributed by atoms with Gasteiger partial charge in [0, 0.05) is 27.6 Å². The van der Waals surface area contributed by atoms with Gasteiger partial charge in [-0.2, -0.15) is 0 Å². The van der Waals surface area contributed by atoms with E-state index in [1.807, 2.05) is 6.07 Å². The lowest BCUT2D eigenvalue weighted by Crippen LogP contribution is -1.92. The Morgan fingerprint density at radius 2 is 1.48 bits per heavy atom. The molecule has 0 amide bonds. The molecule has 102 valence electrons. The molecule has 5 nitrogen and oxygen atoms in total. The standard InChI is InChI=1S/C16H9NO4/c18-15-10-3-1-2-8-4-5-9-12(17(20)21)7-6-11(16(15)19)14(9)13(8)10/h1-7,18-19H. The Bertz CT molecular complexity index is 1040. The number of hydrogen-bond acceptors (Lipinski definition) is 4. The van der Waals surface area contributed by atoms with Gasteiger partial charge >= 0.3 is 0 Å². The summed E-state index contributed by atoms with van der Waals surface area (Å²) in [6, 6.07) is 11.6. The number of rotatable bonds is 1. The van der Waals surface area contributed by atoms with Gasteiger partial charge in [0.1, 0.15) is 0 Å². The van der Waals surface area contributed by atoms with Crippen molar-refractivity contribution in [3.63, 3.8) is 0 Å². The minimum atomic E-state index is -0.442. The number of nitro groups is 1. The number of phenols is 2. The molecule has 21 heavy (non-hydrogen) atoms. The molecule has 4 aromatic rings. The maximum absolute atomic E-state index is 11.2. The van der Waals surface area contributed by atoms with E-state index in [1.165, 1.54) is 12.1 Å². The molecule has 0 saturated carbocycles. The van der Waals surface area contributed by atoms with Crippen LogP contribution in [-0.2, 0) is 0 Å². The van der Waals surface area contributed by atoms with Gasteiger partial charge in [0.15, 0.2) is 11.5 Å². The monoisotopic (exact) mass is 279 g/mol. The summed E-state index contributed by atoms with van der Waals surface area (Å²) in [5.41, 5.74) is -0.0142. The van der Waals surface area contributed by atoms with Gasteiger partial charge in [-0.05, 0) is 17.5 Å². The lowest BCUT2D eigenvalue weighted by atomic mass is 9.92. The molecule has 0 aliphatic rings. The molecule has 0 saturated heterocycles. The largest absolute Gasteiger partial charge is 0.504 e. The van der Waals surface area contributed by atoms with Crippen molar-refractivity contribution in [2.75, 3.05) is 0 Å². The highest BCUT2D eigenvalue weighted by atomic mass is 16.6. The van der Waals surface area contributed by atoms with Crippen molar-refractivity contribution >= 4 is 38.0 Å². The fourth-order valence-corrected chi connectivity index (χ4v) is 3.02. The van der Waals surface area contributed by atoms with Crippen LogP contribution in [0.15, 0.2) is 42.5 Å². The lowest BCUT2D eigenvalue weighted by Gasteiger charge is -2.13. The number of benzene rings is 4. The Hall–Kier alpha value is -3.08. The van der Waals surface area contributed by atoms with E-state index in [4.69, 9.17) is 0 Å². The second-order valence-electron chi connectivity index (χ2n) is 4.98. The third-order valence-corrected chi connectivity index (χ3v) is 3.93. The highest BCUT2D eigenvalue weighted by Gasteiger charge is 2.21. The van der Waals surface area contributed by atoms with Gasteiger partial charge in [0.25, 0.3) is 5.69 Å². The minimum Gasteiger partial charge on any atom is -0.504 e. The quantitative estimate of drug-likeness (QED) is 0.239. The molecule has 0 aliphatic heterocycles. The first-order chi connectivity index (χ1) is 10.1. The summed E-state index contributed by atoms with van der Waals surface area (Å²) in [6.45, 7) is 0. The smallest absolute Gasteiger partial charge is 0.277 e. The second kappa shape index (κ2) is 3.73. The Morgan fingerprint density at radius 3 is 2.19 bits per heavy atom. The number of nitro benzene ring substituents is 1. The summed E-state index contributed by atoms with van der Waals surface area (Å²) in [7, 11) is 0. The van der Waals surface area contributed by atoms with Gasteiger partial charge in [-0.25, -0.2) is 0 Å². The van der Waals surface area contributed by atoms with Crippen molar-refractivity contribution < 1.29 is 15.1 Å². The van der Waals surface area contributed by atoms with E-state index >= 15 is 0 Å². The maximum atomic E-state index is 11.2. The second-order valence-corrected chi connectivity index (χ2v) is 4.98. The summed E-state index contributed by atoms with van der Waals surface area (Å²) in [4.78, 5) is 10.8. The number of non-ortho nitro benzene ring substituents is 1. The van der Waals surface area contributed by atoms with Gasteiger partial charge in [0.05, 0.1) is 10.3 Å². The Balaban J connectivity index is 2.43. The Morgan fingerprint density at radius 1 is 0.810 bits per heavy atom. The zero-order valence-electron chi connectivity index (χ0n) is 10.7. The molecule has 0 unspecified atom stereocenters. The van der Waals surface area contributed by atoms with Crippen LogP contribution in [0.25, 0.3) is 32.3 Å². The third-order valence-electron chi connectivity index (χ3n) is 3.93. The molecule has 0 aliphatic carbocycles. The topological polar surface area (TPSA) is 83.6 Å². The van der Waals surface area contributed by atoms with Gasteiger partial charge < -0.3 is 10.2 Å². The molecular formula is C16H9NO4. The van der Waals surface area contributed by atoms with Gasteiger partial charge in [-0.1, -0.05) is 24.3 Å². The van der Waals surface area contributed by atoms with E-state index in [2.05, 4.69) is 0 Å². The normalized spacial score (nSPS) is 11.6. The van der Waals surface area contributed by atoms with Gasteiger partial charge in [-0.15, -0.1) is 0 Å². The maximum Gasteiger partial charge on any atom is 0.277 e. The summed E-state index contributed by atoms with van der Waals surface area (Å²) in [6.07, 6.45) is 0. The van der Waals surface area contributed by atoms with Crippen LogP contribution >= 0.6 is 0 Å². The highest BCUT2D eigenvalue weighted by molar-refractivity contribution is 6.27. The Labute approximate surface area is 118 Å². The number of hydrogen-bond donors (Lipinski definition) is 2. The van der Waals surface area contributed by atoms with Gasteiger partial charge in [-0.3, -0.25) is 10.1 Å². The van der Waals surface area contributed by atoms with Crippen LogP contribution < -0.4 is 0 Å². The molecule has 0 heterocycles. The van der Waals surface area contributed by atoms with E-state index in [0.717, 1.165) is 10.8 Å². The van der Waals surface area contributed by atoms with Gasteiger partial charge in [0.2, 0.25) is 0 Å². The molecule has 4 rings (SSSR count). The van der Waals surface area contributed by atoms with Crippen molar-refractivity contribution in [2.45, 2.75) is 0 Å². The fourth-order valence-electron chi connectivity index (χ4n) is 3.02. The third kappa shape index (κ3) is 1.34. The average molecular weight is 279 g/mol. The zero-order valence-corrected chi connectivity index (χ0v) is 10.7. The van der Waals surface area contributed by atoms with Crippen molar-refractivity contribution in [1.29, 1.82) is 0 Å². The van der Waals surface area contributed by atoms with E-state index in [-0.39, 0.29) is 17.2 Å². The minimum absolute atomic E-state index is 0.0142.